The van der Waals surface area contributed by atoms with Crippen molar-refractivity contribution in [1.82, 2.24) is 19.5 Å². The molecule has 0 aromatic carbocycles. The summed E-state index contributed by atoms with van der Waals surface area (Å²) in [6.07, 6.45) is 3.24. The average Bonchev–Trinajstić information content (AvgIpc) is 3.17. The topological polar surface area (TPSA) is 92.0 Å². The Bertz CT molecular complexity index is 752. The first kappa shape index (κ1) is 17.5. The second-order valence-electron chi connectivity index (χ2n) is 7.25. The van der Waals surface area contributed by atoms with Crippen molar-refractivity contribution in [2.75, 3.05) is 18.4 Å². The number of hydrogen-bond donors (Lipinski definition) is 2. The van der Waals surface area contributed by atoms with Crippen LogP contribution < -0.4 is 5.32 Å². The molecular formula is C17H25N5O3. The molecule has 0 saturated carbocycles. The van der Waals surface area contributed by atoms with Gasteiger partial charge in [-0.05, 0) is 45.7 Å². The highest BCUT2D eigenvalue weighted by Crippen LogP contribution is 2.21. The predicted octanol–water partition coefficient (Wildman–Crippen LogP) is 2.03. The molecule has 1 unspecified atom stereocenters. The van der Waals surface area contributed by atoms with E-state index in [0.29, 0.717) is 30.2 Å². The van der Waals surface area contributed by atoms with Crippen LogP contribution in [0.5, 0.6) is 0 Å². The maximum absolute atomic E-state index is 12.3. The van der Waals surface area contributed by atoms with Crippen molar-refractivity contribution in [3.8, 4) is 0 Å². The number of aliphatic hydroxyl groups excluding tert-OH is 1. The third-order valence-electron chi connectivity index (χ3n) is 4.12. The van der Waals surface area contributed by atoms with Crippen LogP contribution in [0, 0.1) is 0 Å². The molecule has 0 aliphatic carbocycles. The molecule has 1 atom stereocenters. The molecule has 3 rings (SSSR count). The quantitative estimate of drug-likeness (QED) is 0.879. The first-order chi connectivity index (χ1) is 11.9. The average molecular weight is 347 g/mol. The fourth-order valence-electron chi connectivity index (χ4n) is 2.95. The first-order valence-electron chi connectivity index (χ1n) is 8.55. The van der Waals surface area contributed by atoms with Gasteiger partial charge in [0, 0.05) is 13.1 Å². The second kappa shape index (κ2) is 6.87. The zero-order valence-corrected chi connectivity index (χ0v) is 14.9. The predicted molar refractivity (Wildman–Crippen MR) is 93.4 cm³/mol. The summed E-state index contributed by atoms with van der Waals surface area (Å²) in [6, 6.07) is 3.76. The van der Waals surface area contributed by atoms with Crippen LogP contribution in [0.25, 0.3) is 5.65 Å². The van der Waals surface area contributed by atoms with Crippen LogP contribution in [0.1, 0.15) is 39.3 Å². The van der Waals surface area contributed by atoms with Gasteiger partial charge in [-0.2, -0.15) is 0 Å². The number of nitrogens with zero attached hydrogens (tertiary/aromatic N) is 4. The van der Waals surface area contributed by atoms with Gasteiger partial charge in [0.15, 0.2) is 5.65 Å². The maximum Gasteiger partial charge on any atom is 0.410 e. The van der Waals surface area contributed by atoms with E-state index in [4.69, 9.17) is 4.74 Å². The summed E-state index contributed by atoms with van der Waals surface area (Å²) in [5.41, 5.74) is 0.826. The van der Waals surface area contributed by atoms with Gasteiger partial charge in [0.2, 0.25) is 0 Å². The van der Waals surface area contributed by atoms with Gasteiger partial charge in [0.05, 0.1) is 24.5 Å². The van der Waals surface area contributed by atoms with Gasteiger partial charge in [0.25, 0.3) is 0 Å². The molecule has 0 radical (unpaired) electrons. The summed E-state index contributed by atoms with van der Waals surface area (Å²) >= 11 is 0. The third kappa shape index (κ3) is 4.01. The fraction of sp³-hybridized carbons (Fsp3) is 0.588. The molecule has 1 fully saturated rings. The van der Waals surface area contributed by atoms with Crippen LogP contribution in [-0.4, -0.2) is 55.4 Å². The monoisotopic (exact) mass is 347 g/mol. The molecule has 2 aromatic heterocycles. The highest BCUT2D eigenvalue weighted by Gasteiger charge is 2.32. The van der Waals surface area contributed by atoms with Gasteiger partial charge in [-0.3, -0.25) is 0 Å². The SMILES string of the molecule is CC(C)(C)OC(=O)N1CCCC1CNc1ccc2ncc(CO)n2n1. The van der Waals surface area contributed by atoms with Crippen LogP contribution in [0.4, 0.5) is 10.6 Å². The number of carbonyl (C=O) groups excluding carboxylic acids is 1. The Morgan fingerprint density at radius 3 is 2.96 bits per heavy atom. The summed E-state index contributed by atoms with van der Waals surface area (Å²) in [7, 11) is 0. The van der Waals surface area contributed by atoms with Crippen LogP contribution >= 0.6 is 0 Å². The zero-order chi connectivity index (χ0) is 18.0. The molecule has 2 N–H and O–H groups in total. The van der Waals surface area contributed by atoms with Crippen LogP contribution in [0.15, 0.2) is 18.3 Å². The van der Waals surface area contributed by atoms with Gasteiger partial charge in [0.1, 0.15) is 11.4 Å². The summed E-state index contributed by atoms with van der Waals surface area (Å²) in [5, 5.41) is 17.0. The lowest BCUT2D eigenvalue weighted by Crippen LogP contribution is -2.42. The number of aliphatic hydroxyl groups is 1. The highest BCUT2D eigenvalue weighted by molar-refractivity contribution is 5.69. The van der Waals surface area contributed by atoms with Crippen molar-refractivity contribution in [2.24, 2.45) is 0 Å². The second-order valence-corrected chi connectivity index (χ2v) is 7.25. The third-order valence-corrected chi connectivity index (χ3v) is 4.12. The molecule has 8 heteroatoms. The van der Waals surface area contributed by atoms with Gasteiger partial charge in [-0.25, -0.2) is 14.3 Å². The van der Waals surface area contributed by atoms with Gasteiger partial charge >= 0.3 is 6.09 Å². The number of anilines is 1. The standard InChI is InChI=1S/C17H25N5O3/c1-17(2,3)25-16(24)21-8-4-5-12(21)9-18-14-6-7-15-19-10-13(11-23)22(15)20-14/h6-7,10,12,23H,4-5,8-9,11H2,1-3H3,(H,18,20). The molecule has 0 bridgehead atoms. The molecule has 1 saturated heterocycles. The van der Waals surface area contributed by atoms with E-state index in [1.54, 1.807) is 15.6 Å². The number of aromatic nitrogens is 3. The minimum Gasteiger partial charge on any atom is -0.444 e. The van der Waals surface area contributed by atoms with Crippen LogP contribution in [-0.2, 0) is 11.3 Å². The summed E-state index contributed by atoms with van der Waals surface area (Å²) in [6.45, 7) is 6.81. The maximum atomic E-state index is 12.3. The van der Waals surface area contributed by atoms with Crippen molar-refractivity contribution >= 4 is 17.6 Å². The molecule has 1 amide bonds. The Morgan fingerprint density at radius 1 is 1.44 bits per heavy atom. The number of imidazole rings is 1. The van der Waals surface area contributed by atoms with E-state index in [9.17, 15) is 9.90 Å². The van der Waals surface area contributed by atoms with Crippen molar-refractivity contribution in [3.63, 3.8) is 0 Å². The van der Waals surface area contributed by atoms with Crippen LogP contribution in [0.2, 0.25) is 0 Å². The molecule has 2 aromatic rings. The van der Waals surface area contributed by atoms with Crippen molar-refractivity contribution in [1.29, 1.82) is 0 Å². The summed E-state index contributed by atoms with van der Waals surface area (Å²) < 4.78 is 7.10. The highest BCUT2D eigenvalue weighted by atomic mass is 16.6. The van der Waals surface area contributed by atoms with Crippen molar-refractivity contribution in [3.05, 3.63) is 24.0 Å². The van der Waals surface area contributed by atoms with Crippen molar-refractivity contribution in [2.45, 2.75) is 51.9 Å². The number of amides is 1. The van der Waals surface area contributed by atoms with E-state index in [1.165, 1.54) is 0 Å². The van der Waals surface area contributed by atoms with E-state index in [0.717, 1.165) is 12.8 Å². The molecule has 136 valence electrons. The number of rotatable bonds is 4. The van der Waals surface area contributed by atoms with E-state index in [-0.39, 0.29) is 18.7 Å². The number of carbonyl (C=O) groups is 1. The lowest BCUT2D eigenvalue weighted by Gasteiger charge is -2.28. The Morgan fingerprint density at radius 2 is 2.24 bits per heavy atom. The minimum absolute atomic E-state index is 0.0763. The molecule has 25 heavy (non-hydrogen) atoms. The van der Waals surface area contributed by atoms with Crippen molar-refractivity contribution < 1.29 is 14.6 Å². The lowest BCUT2D eigenvalue weighted by molar-refractivity contribution is 0.0235. The number of likely N-dealkylation sites (tertiary alicyclic amines) is 1. The fourth-order valence-corrected chi connectivity index (χ4v) is 2.95. The lowest BCUT2D eigenvalue weighted by atomic mass is 10.2. The van der Waals surface area contributed by atoms with Gasteiger partial charge in [-0.1, -0.05) is 0 Å². The van der Waals surface area contributed by atoms with E-state index < -0.39 is 5.60 Å². The van der Waals surface area contributed by atoms with E-state index in [2.05, 4.69) is 15.4 Å². The first-order valence-corrected chi connectivity index (χ1v) is 8.55. The molecule has 0 spiro atoms. The van der Waals surface area contributed by atoms with Gasteiger partial charge in [-0.15, -0.1) is 5.10 Å². The normalized spacial score (nSPS) is 17.9. The number of ether oxygens (including phenoxy) is 1. The summed E-state index contributed by atoms with van der Waals surface area (Å²) in [5.74, 6) is 0.677. The largest absolute Gasteiger partial charge is 0.444 e. The number of fused-ring (bicyclic) bond motifs is 1. The summed E-state index contributed by atoms with van der Waals surface area (Å²) in [4.78, 5) is 18.3. The zero-order valence-electron chi connectivity index (χ0n) is 14.9. The Hall–Kier alpha value is -2.35. The Labute approximate surface area is 146 Å². The molecular weight excluding hydrogens is 322 g/mol. The number of nitrogens with one attached hydrogen (secondary N) is 1. The van der Waals surface area contributed by atoms with E-state index in [1.807, 2.05) is 32.9 Å². The molecule has 8 nitrogen and oxygen atoms in total. The van der Waals surface area contributed by atoms with Crippen LogP contribution in [0.3, 0.4) is 0 Å². The van der Waals surface area contributed by atoms with E-state index >= 15 is 0 Å². The molecule has 1 aliphatic heterocycles. The number of hydrogen-bond acceptors (Lipinski definition) is 6. The molecule has 1 aliphatic rings. The smallest absolute Gasteiger partial charge is 0.410 e. The Balaban J connectivity index is 1.65. The Kier molecular flexibility index (Phi) is 4.80. The molecule has 3 heterocycles. The van der Waals surface area contributed by atoms with Gasteiger partial charge < -0.3 is 20.1 Å². The minimum atomic E-state index is -0.494.